The third-order valence-electron chi connectivity index (χ3n) is 3.56. The summed E-state index contributed by atoms with van der Waals surface area (Å²) in [6.07, 6.45) is 0. The summed E-state index contributed by atoms with van der Waals surface area (Å²) in [5.41, 5.74) is -1.52. The van der Waals surface area contributed by atoms with Gasteiger partial charge in [-0.1, -0.05) is 46.4 Å². The van der Waals surface area contributed by atoms with E-state index in [1.165, 1.54) is 0 Å². The number of ether oxygens (including phenoxy) is 2. The fraction of sp³-hybridized carbons (Fsp3) is 0. The van der Waals surface area contributed by atoms with Crippen LogP contribution in [0.5, 0.6) is 0 Å². The second kappa shape index (κ2) is 7.29. The predicted octanol–water partition coefficient (Wildman–Crippen LogP) is 4.89. The fourth-order valence-electron chi connectivity index (χ4n) is 2.34. The molecule has 0 aromatic heterocycles. The van der Waals surface area contributed by atoms with Crippen molar-refractivity contribution >= 4 is 70.3 Å². The van der Waals surface area contributed by atoms with E-state index < -0.39 is 46.6 Å². The summed E-state index contributed by atoms with van der Waals surface area (Å²) in [5, 5.41) is -0.406. The van der Waals surface area contributed by atoms with Gasteiger partial charge in [-0.25, -0.2) is 28.0 Å². The molecule has 0 radical (unpaired) electrons. The van der Waals surface area contributed by atoms with Crippen molar-refractivity contribution in [1.82, 2.24) is 0 Å². The normalized spacial score (nSPS) is 14.2. The summed E-state index contributed by atoms with van der Waals surface area (Å²) in [5.74, 6) is -5.94. The molecule has 4 rings (SSSR count). The molecular formula is C16H2Cl4F2O6. The first-order chi connectivity index (χ1) is 13.1. The van der Waals surface area contributed by atoms with Crippen LogP contribution in [-0.4, -0.2) is 23.9 Å². The second-order valence-corrected chi connectivity index (χ2v) is 6.65. The Balaban J connectivity index is 0.000000162. The SMILES string of the molecule is O=C1OC(=O)c2c(Cl)c(Cl)c(Cl)c(Cl)c21.O=C1OC(=O)c2c(F)ccc(F)c21. The highest BCUT2D eigenvalue weighted by atomic mass is 35.5. The first-order valence-electron chi connectivity index (χ1n) is 6.93. The number of halogens is 6. The van der Waals surface area contributed by atoms with E-state index in [9.17, 15) is 28.0 Å². The molecule has 28 heavy (non-hydrogen) atoms. The van der Waals surface area contributed by atoms with Gasteiger partial charge in [0.15, 0.2) is 0 Å². The molecule has 0 saturated heterocycles. The molecule has 2 aromatic carbocycles. The van der Waals surface area contributed by atoms with Crippen molar-refractivity contribution in [3.63, 3.8) is 0 Å². The Hall–Kier alpha value is -2.26. The third-order valence-corrected chi connectivity index (χ3v) is 5.36. The summed E-state index contributed by atoms with van der Waals surface area (Å²) in [6, 6.07) is 1.54. The van der Waals surface area contributed by atoms with Crippen molar-refractivity contribution in [1.29, 1.82) is 0 Å². The van der Waals surface area contributed by atoms with E-state index in [0.717, 1.165) is 12.1 Å². The number of benzene rings is 2. The Morgan fingerprint density at radius 3 is 1.14 bits per heavy atom. The minimum Gasteiger partial charge on any atom is -0.386 e. The van der Waals surface area contributed by atoms with Crippen LogP contribution in [0.3, 0.4) is 0 Å². The molecule has 0 N–H and O–H groups in total. The molecule has 0 saturated carbocycles. The quantitative estimate of drug-likeness (QED) is 0.236. The molecule has 0 fully saturated rings. The molecule has 0 spiro atoms. The number of rotatable bonds is 0. The molecule has 144 valence electrons. The van der Waals surface area contributed by atoms with Crippen LogP contribution in [0.25, 0.3) is 0 Å². The van der Waals surface area contributed by atoms with Gasteiger partial charge in [0.1, 0.15) is 22.8 Å². The average Bonchev–Trinajstić information content (AvgIpc) is 3.11. The Morgan fingerprint density at radius 1 is 0.536 bits per heavy atom. The van der Waals surface area contributed by atoms with Gasteiger partial charge in [0.25, 0.3) is 0 Å². The van der Waals surface area contributed by atoms with Crippen molar-refractivity contribution in [2.24, 2.45) is 0 Å². The first kappa shape index (κ1) is 20.5. The number of carbonyl (C=O) groups excluding carboxylic acids is 4. The van der Waals surface area contributed by atoms with Crippen LogP contribution in [0.15, 0.2) is 12.1 Å². The molecule has 12 heteroatoms. The van der Waals surface area contributed by atoms with Crippen molar-refractivity contribution in [2.75, 3.05) is 0 Å². The lowest BCUT2D eigenvalue weighted by atomic mass is 10.1. The molecule has 0 unspecified atom stereocenters. The van der Waals surface area contributed by atoms with Crippen LogP contribution >= 0.6 is 46.4 Å². The molecule has 0 amide bonds. The van der Waals surface area contributed by atoms with Crippen molar-refractivity contribution in [2.45, 2.75) is 0 Å². The number of hydrogen-bond donors (Lipinski definition) is 0. The molecule has 2 aliphatic rings. The molecule has 6 nitrogen and oxygen atoms in total. The van der Waals surface area contributed by atoms with E-state index in [-0.39, 0.29) is 31.2 Å². The highest BCUT2D eigenvalue weighted by Crippen LogP contribution is 2.44. The Morgan fingerprint density at radius 2 is 0.821 bits per heavy atom. The summed E-state index contributed by atoms with van der Waals surface area (Å²) in [4.78, 5) is 44.0. The van der Waals surface area contributed by atoms with E-state index >= 15 is 0 Å². The van der Waals surface area contributed by atoms with Gasteiger partial charge in [-0.05, 0) is 12.1 Å². The lowest BCUT2D eigenvalue weighted by Crippen LogP contribution is -1.98. The Bertz CT molecular complexity index is 1030. The zero-order valence-electron chi connectivity index (χ0n) is 12.9. The molecule has 0 bridgehead atoms. The van der Waals surface area contributed by atoms with Gasteiger partial charge >= 0.3 is 23.9 Å². The Labute approximate surface area is 173 Å². The van der Waals surface area contributed by atoms with E-state index in [1.54, 1.807) is 0 Å². The van der Waals surface area contributed by atoms with Crippen LogP contribution in [0.1, 0.15) is 41.4 Å². The van der Waals surface area contributed by atoms with E-state index in [4.69, 9.17) is 46.4 Å². The summed E-state index contributed by atoms with van der Waals surface area (Å²) in [6.45, 7) is 0. The summed E-state index contributed by atoms with van der Waals surface area (Å²) >= 11 is 22.9. The molecule has 2 heterocycles. The van der Waals surface area contributed by atoms with Crippen molar-refractivity contribution < 1.29 is 37.4 Å². The smallest absolute Gasteiger partial charge is 0.350 e. The fourth-order valence-corrected chi connectivity index (χ4v) is 3.35. The van der Waals surface area contributed by atoms with Crippen LogP contribution in [0.4, 0.5) is 8.78 Å². The number of fused-ring (bicyclic) bond motifs is 2. The lowest BCUT2D eigenvalue weighted by molar-refractivity contribution is 0.0424. The first-order valence-corrected chi connectivity index (χ1v) is 8.44. The molecule has 2 aliphatic heterocycles. The second-order valence-electron chi connectivity index (χ2n) is 5.14. The average molecular weight is 470 g/mol. The topological polar surface area (TPSA) is 86.7 Å². The number of esters is 4. The molecule has 0 atom stereocenters. The van der Waals surface area contributed by atoms with Crippen molar-refractivity contribution in [3.05, 3.63) is 66.1 Å². The maximum absolute atomic E-state index is 12.9. The minimum absolute atomic E-state index is 0.0752. The minimum atomic E-state index is -1.14. The van der Waals surface area contributed by atoms with Crippen molar-refractivity contribution in [3.8, 4) is 0 Å². The van der Waals surface area contributed by atoms with E-state index in [0.29, 0.717) is 0 Å². The standard InChI is InChI=1S/C8Cl4O3.C8H2F2O3/c9-3-1-2(8(14)15-7(1)13)4(10)6(12)5(3)11;9-3-1-2-4(10)6-5(3)7(11)13-8(6)12/h;1-2H. The number of carbonyl (C=O) groups is 4. The maximum atomic E-state index is 12.9. The van der Waals surface area contributed by atoms with Gasteiger partial charge < -0.3 is 9.47 Å². The summed E-state index contributed by atoms with van der Waals surface area (Å²) in [7, 11) is 0. The zero-order valence-corrected chi connectivity index (χ0v) is 15.9. The zero-order chi connectivity index (χ0) is 20.9. The summed E-state index contributed by atoms with van der Waals surface area (Å²) < 4.78 is 34.1. The molecule has 0 aliphatic carbocycles. The van der Waals surface area contributed by atoms with Gasteiger partial charge in [-0.2, -0.15) is 0 Å². The molecule has 2 aromatic rings. The lowest BCUT2D eigenvalue weighted by Gasteiger charge is -2.04. The monoisotopic (exact) mass is 468 g/mol. The number of hydrogen-bond acceptors (Lipinski definition) is 6. The highest BCUT2D eigenvalue weighted by Gasteiger charge is 2.38. The highest BCUT2D eigenvalue weighted by molar-refractivity contribution is 6.54. The van der Waals surface area contributed by atoms with Gasteiger partial charge in [-0.15, -0.1) is 0 Å². The number of cyclic esters (lactones) is 4. The maximum Gasteiger partial charge on any atom is 0.350 e. The third kappa shape index (κ3) is 3.12. The van der Waals surface area contributed by atoms with E-state index in [1.807, 2.05) is 0 Å². The van der Waals surface area contributed by atoms with E-state index in [2.05, 4.69) is 9.47 Å². The van der Waals surface area contributed by atoms with Gasteiger partial charge in [0.2, 0.25) is 0 Å². The van der Waals surface area contributed by atoms with Gasteiger partial charge in [0.05, 0.1) is 31.2 Å². The van der Waals surface area contributed by atoms with Crippen LogP contribution in [0, 0.1) is 11.6 Å². The van der Waals surface area contributed by atoms with Gasteiger partial charge in [0, 0.05) is 0 Å². The Kier molecular flexibility index (Phi) is 5.33. The molecular weight excluding hydrogens is 468 g/mol. The van der Waals surface area contributed by atoms with Crippen LogP contribution in [-0.2, 0) is 9.47 Å². The predicted molar refractivity (Wildman–Crippen MR) is 92.3 cm³/mol. The van der Waals surface area contributed by atoms with Crippen LogP contribution in [0.2, 0.25) is 20.1 Å². The van der Waals surface area contributed by atoms with Crippen LogP contribution < -0.4 is 0 Å². The largest absolute Gasteiger partial charge is 0.386 e. The van der Waals surface area contributed by atoms with Gasteiger partial charge in [-0.3, -0.25) is 0 Å².